The van der Waals surface area contributed by atoms with Gasteiger partial charge in [0.1, 0.15) is 5.82 Å². The number of halogens is 2. The van der Waals surface area contributed by atoms with Crippen molar-refractivity contribution in [2.24, 2.45) is 0 Å². The van der Waals surface area contributed by atoms with Crippen LogP contribution in [-0.2, 0) is 6.54 Å². The molecular formula is C11H13BrFNO2. The molecule has 1 aliphatic rings. The highest BCUT2D eigenvalue weighted by Crippen LogP contribution is 2.21. The molecule has 5 heteroatoms. The average Bonchev–Trinajstić information content (AvgIpc) is 2.51. The van der Waals surface area contributed by atoms with Gasteiger partial charge in [0.05, 0.1) is 12.2 Å². The summed E-state index contributed by atoms with van der Waals surface area (Å²) >= 11 is 3.29. The van der Waals surface area contributed by atoms with Crippen molar-refractivity contribution in [1.82, 2.24) is 4.90 Å². The molecule has 1 aliphatic heterocycles. The first-order valence-corrected chi connectivity index (χ1v) is 5.88. The molecule has 2 rings (SSSR count). The maximum absolute atomic E-state index is 12.9. The lowest BCUT2D eigenvalue weighted by atomic mass is 10.2. The molecule has 1 fully saturated rings. The topological polar surface area (TPSA) is 43.7 Å². The van der Waals surface area contributed by atoms with Crippen LogP contribution < -0.4 is 0 Å². The molecule has 1 aromatic carbocycles. The van der Waals surface area contributed by atoms with E-state index in [1.807, 2.05) is 4.90 Å². The smallest absolute Gasteiger partial charge is 0.124 e. The fourth-order valence-electron chi connectivity index (χ4n) is 1.87. The third kappa shape index (κ3) is 2.60. The quantitative estimate of drug-likeness (QED) is 0.858. The van der Waals surface area contributed by atoms with E-state index >= 15 is 0 Å². The summed E-state index contributed by atoms with van der Waals surface area (Å²) in [5.41, 5.74) is 0.947. The molecule has 88 valence electrons. The van der Waals surface area contributed by atoms with Gasteiger partial charge in [-0.1, -0.05) is 22.0 Å². The average molecular weight is 290 g/mol. The molecule has 0 aromatic heterocycles. The van der Waals surface area contributed by atoms with Gasteiger partial charge in [-0.3, -0.25) is 4.90 Å². The van der Waals surface area contributed by atoms with Crippen molar-refractivity contribution in [3.05, 3.63) is 34.1 Å². The highest BCUT2D eigenvalue weighted by molar-refractivity contribution is 9.10. The largest absolute Gasteiger partial charge is 0.389 e. The van der Waals surface area contributed by atoms with Crippen LogP contribution in [0.4, 0.5) is 4.39 Å². The van der Waals surface area contributed by atoms with Crippen molar-refractivity contribution in [3.63, 3.8) is 0 Å². The Balaban J connectivity index is 2.05. The SMILES string of the molecule is O[C@@H]1CN(Cc2ccc(F)cc2Br)C[C@@H]1O. The van der Waals surface area contributed by atoms with E-state index < -0.39 is 12.2 Å². The van der Waals surface area contributed by atoms with Gasteiger partial charge in [0, 0.05) is 24.1 Å². The van der Waals surface area contributed by atoms with Gasteiger partial charge in [-0.25, -0.2) is 4.39 Å². The molecule has 1 heterocycles. The maximum Gasteiger partial charge on any atom is 0.124 e. The van der Waals surface area contributed by atoms with Crippen molar-refractivity contribution in [1.29, 1.82) is 0 Å². The molecule has 2 atom stereocenters. The van der Waals surface area contributed by atoms with E-state index in [9.17, 15) is 14.6 Å². The molecule has 0 radical (unpaired) electrons. The zero-order valence-electron chi connectivity index (χ0n) is 8.61. The van der Waals surface area contributed by atoms with Gasteiger partial charge in [0.15, 0.2) is 0 Å². The number of β-amino-alcohol motifs (C(OH)–C–C–N with tert-alkyl or cyclic N) is 2. The number of aliphatic hydroxyl groups excluding tert-OH is 2. The van der Waals surface area contributed by atoms with E-state index in [2.05, 4.69) is 15.9 Å². The molecule has 1 aromatic rings. The minimum absolute atomic E-state index is 0.280. The zero-order chi connectivity index (χ0) is 11.7. The van der Waals surface area contributed by atoms with Gasteiger partial charge in [-0.15, -0.1) is 0 Å². The second-order valence-electron chi connectivity index (χ2n) is 4.06. The lowest BCUT2D eigenvalue weighted by molar-refractivity contribution is 0.0572. The summed E-state index contributed by atoms with van der Waals surface area (Å²) < 4.78 is 13.6. The van der Waals surface area contributed by atoms with E-state index in [4.69, 9.17) is 0 Å². The third-order valence-corrected chi connectivity index (χ3v) is 3.48. The number of benzene rings is 1. The van der Waals surface area contributed by atoms with E-state index in [1.165, 1.54) is 12.1 Å². The molecule has 0 saturated carbocycles. The van der Waals surface area contributed by atoms with Crippen LogP contribution in [0.3, 0.4) is 0 Å². The summed E-state index contributed by atoms with van der Waals surface area (Å²) in [6.45, 7) is 1.49. The minimum atomic E-state index is -0.681. The lowest BCUT2D eigenvalue weighted by Gasteiger charge is -2.15. The van der Waals surface area contributed by atoms with Gasteiger partial charge in [-0.05, 0) is 17.7 Å². The van der Waals surface area contributed by atoms with Gasteiger partial charge in [0.2, 0.25) is 0 Å². The Morgan fingerprint density at radius 1 is 1.31 bits per heavy atom. The molecule has 1 saturated heterocycles. The number of aliphatic hydroxyl groups is 2. The number of hydrogen-bond donors (Lipinski definition) is 2. The van der Waals surface area contributed by atoms with E-state index in [0.717, 1.165) is 5.56 Å². The summed E-state index contributed by atoms with van der Waals surface area (Å²) in [5.74, 6) is -0.280. The molecule has 0 bridgehead atoms. The molecule has 3 nitrogen and oxygen atoms in total. The van der Waals surface area contributed by atoms with Crippen molar-refractivity contribution in [3.8, 4) is 0 Å². The Labute approximate surface area is 102 Å². The number of likely N-dealkylation sites (tertiary alicyclic amines) is 1. The van der Waals surface area contributed by atoms with E-state index in [0.29, 0.717) is 24.1 Å². The summed E-state index contributed by atoms with van der Waals surface area (Å²) in [4.78, 5) is 1.94. The first-order valence-electron chi connectivity index (χ1n) is 5.08. The Morgan fingerprint density at radius 3 is 2.50 bits per heavy atom. The van der Waals surface area contributed by atoms with Gasteiger partial charge in [0.25, 0.3) is 0 Å². The number of nitrogens with zero attached hydrogens (tertiary/aromatic N) is 1. The normalized spacial score (nSPS) is 26.2. The summed E-state index contributed by atoms with van der Waals surface area (Å²) in [6.07, 6.45) is -1.36. The monoisotopic (exact) mass is 289 g/mol. The van der Waals surface area contributed by atoms with Crippen molar-refractivity contribution < 1.29 is 14.6 Å². The highest BCUT2D eigenvalue weighted by atomic mass is 79.9. The molecule has 2 N–H and O–H groups in total. The van der Waals surface area contributed by atoms with Gasteiger partial charge in [-0.2, -0.15) is 0 Å². The second-order valence-corrected chi connectivity index (χ2v) is 4.92. The first kappa shape index (κ1) is 12.0. The van der Waals surface area contributed by atoms with Crippen LogP contribution in [0.5, 0.6) is 0 Å². The van der Waals surface area contributed by atoms with Gasteiger partial charge < -0.3 is 10.2 Å². The van der Waals surface area contributed by atoms with Crippen LogP contribution in [0.25, 0.3) is 0 Å². The summed E-state index contributed by atoms with van der Waals surface area (Å²) in [6, 6.07) is 4.53. The van der Waals surface area contributed by atoms with E-state index in [-0.39, 0.29) is 5.82 Å². The minimum Gasteiger partial charge on any atom is -0.389 e. The van der Waals surface area contributed by atoms with Crippen LogP contribution in [0.15, 0.2) is 22.7 Å². The van der Waals surface area contributed by atoms with E-state index in [1.54, 1.807) is 6.07 Å². The predicted molar refractivity (Wildman–Crippen MR) is 61.4 cm³/mol. The van der Waals surface area contributed by atoms with Gasteiger partial charge >= 0.3 is 0 Å². The van der Waals surface area contributed by atoms with Crippen molar-refractivity contribution in [2.45, 2.75) is 18.8 Å². The fraction of sp³-hybridized carbons (Fsp3) is 0.455. The zero-order valence-corrected chi connectivity index (χ0v) is 10.2. The third-order valence-electron chi connectivity index (χ3n) is 2.74. The molecular weight excluding hydrogens is 277 g/mol. The molecule has 0 aliphatic carbocycles. The Morgan fingerprint density at radius 2 is 1.94 bits per heavy atom. The Kier molecular flexibility index (Phi) is 3.59. The lowest BCUT2D eigenvalue weighted by Crippen LogP contribution is -2.22. The van der Waals surface area contributed by atoms with Crippen LogP contribution in [0.2, 0.25) is 0 Å². The van der Waals surface area contributed by atoms with Crippen LogP contribution >= 0.6 is 15.9 Å². The second kappa shape index (κ2) is 4.79. The predicted octanol–water partition coefficient (Wildman–Crippen LogP) is 1.13. The number of hydrogen-bond acceptors (Lipinski definition) is 3. The Bertz CT molecular complexity index is 378. The summed E-state index contributed by atoms with van der Waals surface area (Å²) in [5, 5.41) is 18.8. The molecule has 16 heavy (non-hydrogen) atoms. The van der Waals surface area contributed by atoms with Crippen LogP contribution in [0.1, 0.15) is 5.56 Å². The fourth-order valence-corrected chi connectivity index (χ4v) is 2.34. The first-order chi connectivity index (χ1) is 7.56. The summed E-state index contributed by atoms with van der Waals surface area (Å²) in [7, 11) is 0. The molecule has 0 amide bonds. The van der Waals surface area contributed by atoms with Crippen molar-refractivity contribution >= 4 is 15.9 Å². The van der Waals surface area contributed by atoms with Crippen LogP contribution in [-0.4, -0.2) is 40.4 Å². The molecule has 0 unspecified atom stereocenters. The standard InChI is InChI=1S/C11H13BrFNO2/c12-9-3-8(13)2-1-7(9)4-14-5-10(15)11(16)6-14/h1-3,10-11,15-16H,4-6H2/t10-,11+. The highest BCUT2D eigenvalue weighted by Gasteiger charge is 2.29. The Hall–Kier alpha value is -0.490. The van der Waals surface area contributed by atoms with Crippen LogP contribution in [0, 0.1) is 5.82 Å². The molecule has 0 spiro atoms. The van der Waals surface area contributed by atoms with Crippen molar-refractivity contribution in [2.75, 3.05) is 13.1 Å². The maximum atomic E-state index is 12.9. The number of rotatable bonds is 2.